The van der Waals surface area contributed by atoms with Crippen molar-refractivity contribution in [3.63, 3.8) is 0 Å². The summed E-state index contributed by atoms with van der Waals surface area (Å²) in [6.45, 7) is 9.83. The van der Waals surface area contributed by atoms with Gasteiger partial charge in [0.1, 0.15) is 10.8 Å². The van der Waals surface area contributed by atoms with Gasteiger partial charge in [-0.05, 0) is 26.0 Å². The van der Waals surface area contributed by atoms with Gasteiger partial charge < -0.3 is 15.1 Å². The zero-order chi connectivity index (χ0) is 15.8. The fraction of sp³-hybridized carbons (Fsp3) is 0.375. The van der Waals surface area contributed by atoms with Crippen LogP contribution in [0.2, 0.25) is 0 Å². The van der Waals surface area contributed by atoms with E-state index in [1.54, 1.807) is 23.7 Å². The summed E-state index contributed by atoms with van der Waals surface area (Å²) in [7, 11) is 0. The van der Waals surface area contributed by atoms with E-state index in [1.807, 2.05) is 19.1 Å². The Morgan fingerprint density at radius 1 is 1.45 bits per heavy atom. The van der Waals surface area contributed by atoms with Crippen LogP contribution in [-0.4, -0.2) is 24.0 Å². The molecule has 0 aromatic carbocycles. The molecule has 0 atom stereocenters. The average Bonchev–Trinajstić information content (AvgIpc) is 3.12. The molecule has 2 aromatic rings. The number of hydrogen-bond acceptors (Lipinski definition) is 4. The number of rotatable bonds is 7. The predicted molar refractivity (Wildman–Crippen MR) is 91.3 cm³/mol. The molecule has 6 heteroatoms. The van der Waals surface area contributed by atoms with Crippen molar-refractivity contribution in [3.8, 4) is 0 Å². The van der Waals surface area contributed by atoms with E-state index in [1.165, 1.54) is 4.88 Å². The van der Waals surface area contributed by atoms with Crippen molar-refractivity contribution in [1.82, 2.24) is 15.6 Å². The van der Waals surface area contributed by atoms with E-state index in [0.29, 0.717) is 13.1 Å². The third kappa shape index (κ3) is 5.04. The summed E-state index contributed by atoms with van der Waals surface area (Å²) in [4.78, 5) is 10.3. The molecule has 0 spiro atoms. The van der Waals surface area contributed by atoms with Gasteiger partial charge >= 0.3 is 0 Å². The van der Waals surface area contributed by atoms with Crippen molar-refractivity contribution in [2.24, 2.45) is 4.99 Å². The standard InChI is InChI=1S/C16H22N4OS/c1-4-8-17-16(18-9-7-14-6-5-10-21-14)19-11-15-20-12(2)13(3)22-15/h4-6,10H,1,7-9,11H2,2-3H3,(H2,17,18,19). The minimum absolute atomic E-state index is 0.576. The van der Waals surface area contributed by atoms with Crippen molar-refractivity contribution in [2.45, 2.75) is 26.8 Å². The summed E-state index contributed by atoms with van der Waals surface area (Å²) < 4.78 is 5.32. The number of aliphatic imine (C=N–C) groups is 1. The van der Waals surface area contributed by atoms with E-state index < -0.39 is 0 Å². The lowest BCUT2D eigenvalue weighted by Gasteiger charge is -2.10. The van der Waals surface area contributed by atoms with E-state index in [4.69, 9.17) is 4.42 Å². The Morgan fingerprint density at radius 2 is 2.32 bits per heavy atom. The smallest absolute Gasteiger partial charge is 0.191 e. The first kappa shape index (κ1) is 16.3. The maximum Gasteiger partial charge on any atom is 0.191 e. The van der Waals surface area contributed by atoms with Crippen LogP contribution in [0.25, 0.3) is 0 Å². The molecule has 0 saturated heterocycles. The molecule has 2 heterocycles. The Kier molecular flexibility index (Phi) is 6.21. The Morgan fingerprint density at radius 3 is 2.95 bits per heavy atom. The fourth-order valence-corrected chi connectivity index (χ4v) is 2.71. The van der Waals surface area contributed by atoms with Crippen LogP contribution in [0, 0.1) is 13.8 Å². The van der Waals surface area contributed by atoms with Crippen molar-refractivity contribution in [2.75, 3.05) is 13.1 Å². The highest BCUT2D eigenvalue weighted by atomic mass is 32.1. The van der Waals surface area contributed by atoms with Gasteiger partial charge in [0, 0.05) is 24.4 Å². The molecule has 2 rings (SSSR count). The summed E-state index contributed by atoms with van der Waals surface area (Å²) in [6.07, 6.45) is 4.31. The predicted octanol–water partition coefficient (Wildman–Crippen LogP) is 2.82. The second-order valence-electron chi connectivity index (χ2n) is 4.84. The lowest BCUT2D eigenvalue weighted by molar-refractivity contribution is 0.507. The molecule has 0 amide bonds. The van der Waals surface area contributed by atoms with E-state index in [0.717, 1.165) is 35.4 Å². The first-order valence-corrected chi connectivity index (χ1v) is 8.09. The van der Waals surface area contributed by atoms with Gasteiger partial charge in [-0.1, -0.05) is 6.08 Å². The van der Waals surface area contributed by atoms with E-state index in [-0.39, 0.29) is 0 Å². The van der Waals surface area contributed by atoms with Crippen molar-refractivity contribution >= 4 is 17.3 Å². The van der Waals surface area contributed by atoms with Crippen molar-refractivity contribution in [1.29, 1.82) is 0 Å². The van der Waals surface area contributed by atoms with E-state index in [2.05, 4.69) is 34.1 Å². The number of nitrogens with one attached hydrogen (secondary N) is 2. The Hall–Kier alpha value is -2.08. The average molecular weight is 318 g/mol. The molecule has 0 fully saturated rings. The van der Waals surface area contributed by atoms with Crippen LogP contribution in [0.15, 0.2) is 40.5 Å². The highest BCUT2D eigenvalue weighted by Gasteiger charge is 2.04. The monoisotopic (exact) mass is 318 g/mol. The summed E-state index contributed by atoms with van der Waals surface area (Å²) in [6, 6.07) is 3.87. The highest BCUT2D eigenvalue weighted by Crippen LogP contribution is 2.16. The molecule has 0 radical (unpaired) electrons. The van der Waals surface area contributed by atoms with E-state index >= 15 is 0 Å². The second-order valence-corrected chi connectivity index (χ2v) is 6.13. The minimum atomic E-state index is 0.576. The SMILES string of the molecule is C=CCNC(=NCc1nc(C)c(C)s1)NCCc1ccco1. The number of nitrogens with zero attached hydrogens (tertiary/aromatic N) is 2. The van der Waals surface area contributed by atoms with Gasteiger partial charge in [-0.3, -0.25) is 0 Å². The van der Waals surface area contributed by atoms with Crippen molar-refractivity contribution in [3.05, 3.63) is 52.4 Å². The zero-order valence-corrected chi connectivity index (χ0v) is 13.9. The quantitative estimate of drug-likeness (QED) is 0.468. The maximum atomic E-state index is 5.32. The lowest BCUT2D eigenvalue weighted by Crippen LogP contribution is -2.38. The second kappa shape index (κ2) is 8.38. The molecule has 5 nitrogen and oxygen atoms in total. The Balaban J connectivity index is 1.89. The molecule has 0 saturated carbocycles. The fourth-order valence-electron chi connectivity index (χ4n) is 1.86. The molecule has 0 bridgehead atoms. The van der Waals surface area contributed by atoms with Crippen LogP contribution in [-0.2, 0) is 13.0 Å². The number of furan rings is 1. The molecule has 118 valence electrons. The third-order valence-electron chi connectivity index (χ3n) is 3.10. The summed E-state index contributed by atoms with van der Waals surface area (Å²) in [5, 5.41) is 7.53. The number of guanidine groups is 1. The van der Waals surface area contributed by atoms with Crippen molar-refractivity contribution < 1.29 is 4.42 Å². The zero-order valence-electron chi connectivity index (χ0n) is 13.1. The first-order valence-electron chi connectivity index (χ1n) is 7.27. The van der Waals surface area contributed by atoms with Crippen LogP contribution in [0.3, 0.4) is 0 Å². The van der Waals surface area contributed by atoms with Crippen LogP contribution in [0.5, 0.6) is 0 Å². The topological polar surface area (TPSA) is 62.5 Å². The van der Waals surface area contributed by atoms with Gasteiger partial charge in [0.15, 0.2) is 5.96 Å². The third-order valence-corrected chi connectivity index (χ3v) is 4.16. The van der Waals surface area contributed by atoms with Gasteiger partial charge in [0.25, 0.3) is 0 Å². The van der Waals surface area contributed by atoms with Gasteiger partial charge in [-0.25, -0.2) is 9.98 Å². The molecule has 0 aliphatic heterocycles. The van der Waals surface area contributed by atoms with Crippen LogP contribution < -0.4 is 10.6 Å². The molecule has 2 N–H and O–H groups in total. The molecule has 0 aliphatic rings. The molecule has 22 heavy (non-hydrogen) atoms. The summed E-state index contributed by atoms with van der Waals surface area (Å²) in [5.74, 6) is 1.72. The molecule has 2 aromatic heterocycles. The van der Waals surface area contributed by atoms with Gasteiger partial charge in [0.2, 0.25) is 0 Å². The van der Waals surface area contributed by atoms with Crippen LogP contribution in [0.4, 0.5) is 0 Å². The molecule has 0 unspecified atom stereocenters. The first-order chi connectivity index (χ1) is 10.7. The maximum absolute atomic E-state index is 5.32. The highest BCUT2D eigenvalue weighted by molar-refractivity contribution is 7.11. The molecular formula is C16H22N4OS. The number of thiazole rings is 1. The van der Waals surface area contributed by atoms with Gasteiger partial charge in [-0.2, -0.15) is 0 Å². The van der Waals surface area contributed by atoms with Gasteiger partial charge in [-0.15, -0.1) is 17.9 Å². The largest absolute Gasteiger partial charge is 0.469 e. The Labute approximate surface area is 135 Å². The van der Waals surface area contributed by atoms with E-state index in [9.17, 15) is 0 Å². The van der Waals surface area contributed by atoms with Crippen LogP contribution >= 0.6 is 11.3 Å². The lowest BCUT2D eigenvalue weighted by atomic mass is 10.3. The normalized spacial score (nSPS) is 11.5. The summed E-state index contributed by atoms with van der Waals surface area (Å²) >= 11 is 1.69. The molecular weight excluding hydrogens is 296 g/mol. The number of hydrogen-bond donors (Lipinski definition) is 2. The van der Waals surface area contributed by atoms with Gasteiger partial charge in [0.05, 0.1) is 18.5 Å². The van der Waals surface area contributed by atoms with Crippen LogP contribution in [0.1, 0.15) is 21.3 Å². The Bertz CT molecular complexity index is 597. The number of aryl methyl sites for hydroxylation is 2. The summed E-state index contributed by atoms with van der Waals surface area (Å²) in [5.41, 5.74) is 1.08. The molecule has 0 aliphatic carbocycles. The number of aromatic nitrogens is 1. The minimum Gasteiger partial charge on any atom is -0.469 e.